The van der Waals surface area contributed by atoms with Crippen molar-refractivity contribution < 1.29 is 14.3 Å². The van der Waals surface area contributed by atoms with Gasteiger partial charge in [-0.1, -0.05) is 30.3 Å². The summed E-state index contributed by atoms with van der Waals surface area (Å²) in [6.45, 7) is 1.10. The van der Waals surface area contributed by atoms with Crippen molar-refractivity contribution in [2.45, 2.75) is 43.5 Å². The highest BCUT2D eigenvalue weighted by atomic mass is 16.5. The van der Waals surface area contributed by atoms with Crippen molar-refractivity contribution in [3.05, 3.63) is 60.2 Å². The predicted molar refractivity (Wildman–Crippen MR) is 99.8 cm³/mol. The molecule has 0 N–H and O–H groups in total. The van der Waals surface area contributed by atoms with Gasteiger partial charge in [0.15, 0.2) is 5.72 Å². The van der Waals surface area contributed by atoms with Crippen LogP contribution in [0.3, 0.4) is 0 Å². The minimum atomic E-state index is -0.667. The molecule has 2 amide bonds. The fraction of sp³-hybridized carbons (Fsp3) is 0.429. The van der Waals surface area contributed by atoms with Crippen LogP contribution in [-0.2, 0) is 20.7 Å². The quantitative estimate of drug-likeness (QED) is 0.810. The lowest BCUT2D eigenvalue weighted by Crippen LogP contribution is -2.49. The number of aryl methyl sites for hydroxylation is 1. The molecule has 5 rings (SSSR count). The largest absolute Gasteiger partial charge is 0.351 e. The number of hydrogen-bond acceptors (Lipinski definition) is 5. The van der Waals surface area contributed by atoms with Crippen molar-refractivity contribution >= 4 is 11.8 Å². The Morgan fingerprint density at radius 1 is 1.25 bits per heavy atom. The summed E-state index contributed by atoms with van der Waals surface area (Å²) in [6, 6.07) is 9.72. The molecular formula is C21H22N4O3. The lowest BCUT2D eigenvalue weighted by atomic mass is 10.0. The van der Waals surface area contributed by atoms with E-state index in [0.29, 0.717) is 38.8 Å². The average molecular weight is 378 g/mol. The molecule has 4 heterocycles. The number of ether oxygens (including phenoxy) is 1. The highest BCUT2D eigenvalue weighted by Gasteiger charge is 2.65. The van der Waals surface area contributed by atoms with Crippen molar-refractivity contribution in [1.29, 1.82) is 0 Å². The van der Waals surface area contributed by atoms with E-state index in [2.05, 4.69) is 9.97 Å². The average Bonchev–Trinajstić information content (AvgIpc) is 3.36. The molecular weight excluding hydrogens is 356 g/mol. The summed E-state index contributed by atoms with van der Waals surface area (Å²) in [4.78, 5) is 37.8. The maximum absolute atomic E-state index is 12.9. The number of hydrogen-bond donors (Lipinski definition) is 0. The zero-order chi connectivity index (χ0) is 19.1. The minimum Gasteiger partial charge on any atom is -0.351 e. The Morgan fingerprint density at radius 2 is 2.11 bits per heavy atom. The molecule has 0 saturated carbocycles. The van der Waals surface area contributed by atoms with Gasteiger partial charge in [0.2, 0.25) is 11.8 Å². The Bertz CT molecular complexity index is 891. The first-order valence-electron chi connectivity index (χ1n) is 9.74. The van der Waals surface area contributed by atoms with Crippen LogP contribution in [0.15, 0.2) is 48.9 Å². The second-order valence-corrected chi connectivity index (χ2v) is 7.60. The molecule has 3 saturated heterocycles. The van der Waals surface area contributed by atoms with Crippen LogP contribution >= 0.6 is 0 Å². The van der Waals surface area contributed by atoms with E-state index in [9.17, 15) is 9.59 Å². The standard InChI is InChI=1S/C21H22N4O3/c26-19(7-6-16-13-22-9-10-23-16)24-11-8-21-18(24)12-20(27)25(21)17(14-28-21)15-4-2-1-3-5-15/h1-5,9-10,13,17-18H,6-8,11-12,14H2/t17-,18+,21-/m0/s1. The van der Waals surface area contributed by atoms with E-state index in [1.165, 1.54) is 0 Å². The SMILES string of the molecule is O=C(CCc1cnccn1)N1CC[C@@]23OC[C@@H](c4ccccc4)N2C(=O)C[C@@H]13. The van der Waals surface area contributed by atoms with Crippen LogP contribution < -0.4 is 0 Å². The molecule has 3 fully saturated rings. The third kappa shape index (κ3) is 2.61. The zero-order valence-electron chi connectivity index (χ0n) is 15.5. The van der Waals surface area contributed by atoms with Gasteiger partial charge < -0.3 is 14.5 Å². The molecule has 144 valence electrons. The molecule has 3 aliphatic rings. The van der Waals surface area contributed by atoms with E-state index in [1.807, 2.05) is 40.1 Å². The number of amides is 2. The van der Waals surface area contributed by atoms with Crippen molar-refractivity contribution in [3.63, 3.8) is 0 Å². The molecule has 1 aromatic carbocycles. The van der Waals surface area contributed by atoms with Crippen LogP contribution in [0.1, 0.15) is 36.6 Å². The highest BCUT2D eigenvalue weighted by molar-refractivity contribution is 5.85. The molecule has 0 unspecified atom stereocenters. The molecule has 7 nitrogen and oxygen atoms in total. The predicted octanol–water partition coefficient (Wildman–Crippen LogP) is 1.71. The summed E-state index contributed by atoms with van der Waals surface area (Å²) in [5.74, 6) is 0.122. The normalized spacial score (nSPS) is 28.5. The topological polar surface area (TPSA) is 75.6 Å². The van der Waals surface area contributed by atoms with Gasteiger partial charge in [-0.3, -0.25) is 19.6 Å². The molecule has 7 heteroatoms. The number of likely N-dealkylation sites (tertiary alicyclic amines) is 1. The summed E-state index contributed by atoms with van der Waals surface area (Å²) in [5.41, 5.74) is 1.22. The molecule has 1 aromatic heterocycles. The molecule has 3 aliphatic heterocycles. The highest BCUT2D eigenvalue weighted by Crippen LogP contribution is 2.51. The minimum absolute atomic E-state index is 0.0499. The first kappa shape index (κ1) is 17.3. The second kappa shape index (κ2) is 6.67. The number of aromatic nitrogens is 2. The summed E-state index contributed by atoms with van der Waals surface area (Å²) in [7, 11) is 0. The number of benzene rings is 1. The summed E-state index contributed by atoms with van der Waals surface area (Å²) < 4.78 is 6.26. The van der Waals surface area contributed by atoms with Gasteiger partial charge in [0, 0.05) is 38.0 Å². The number of carbonyl (C=O) groups excluding carboxylic acids is 2. The Kier molecular flexibility index (Phi) is 4.12. The van der Waals surface area contributed by atoms with Crippen LogP contribution in [0.2, 0.25) is 0 Å². The van der Waals surface area contributed by atoms with Gasteiger partial charge in [0.1, 0.15) is 0 Å². The van der Waals surface area contributed by atoms with Crippen LogP contribution in [0.5, 0.6) is 0 Å². The lowest BCUT2D eigenvalue weighted by Gasteiger charge is -2.33. The van der Waals surface area contributed by atoms with Crippen LogP contribution in [0.4, 0.5) is 0 Å². The third-order valence-corrected chi connectivity index (χ3v) is 6.17. The van der Waals surface area contributed by atoms with Crippen LogP contribution in [-0.4, -0.2) is 56.5 Å². The van der Waals surface area contributed by atoms with E-state index in [4.69, 9.17) is 4.74 Å². The fourth-order valence-electron chi connectivity index (χ4n) is 4.90. The van der Waals surface area contributed by atoms with Gasteiger partial charge in [-0.2, -0.15) is 0 Å². The van der Waals surface area contributed by atoms with Crippen molar-refractivity contribution in [2.24, 2.45) is 0 Å². The third-order valence-electron chi connectivity index (χ3n) is 6.17. The van der Waals surface area contributed by atoms with Gasteiger partial charge in [0.25, 0.3) is 0 Å². The first-order valence-corrected chi connectivity index (χ1v) is 9.74. The van der Waals surface area contributed by atoms with E-state index < -0.39 is 5.72 Å². The fourth-order valence-corrected chi connectivity index (χ4v) is 4.90. The van der Waals surface area contributed by atoms with E-state index >= 15 is 0 Å². The Labute approximate surface area is 163 Å². The number of rotatable bonds is 4. The second-order valence-electron chi connectivity index (χ2n) is 7.60. The summed E-state index contributed by atoms with van der Waals surface area (Å²) in [5, 5.41) is 0. The van der Waals surface area contributed by atoms with Crippen molar-refractivity contribution in [1.82, 2.24) is 19.8 Å². The molecule has 0 aliphatic carbocycles. The summed E-state index contributed by atoms with van der Waals surface area (Å²) >= 11 is 0. The Morgan fingerprint density at radius 3 is 2.89 bits per heavy atom. The van der Waals surface area contributed by atoms with Crippen LogP contribution in [0, 0.1) is 0 Å². The lowest BCUT2D eigenvalue weighted by molar-refractivity contribution is -0.141. The maximum Gasteiger partial charge on any atom is 0.227 e. The molecule has 2 aromatic rings. The van der Waals surface area contributed by atoms with Crippen LogP contribution in [0.25, 0.3) is 0 Å². The Balaban J connectivity index is 1.33. The van der Waals surface area contributed by atoms with Crippen molar-refractivity contribution in [2.75, 3.05) is 13.2 Å². The van der Waals surface area contributed by atoms with E-state index in [1.54, 1.807) is 18.6 Å². The summed E-state index contributed by atoms with van der Waals surface area (Å²) in [6.07, 6.45) is 6.85. The smallest absolute Gasteiger partial charge is 0.227 e. The maximum atomic E-state index is 12.9. The first-order chi connectivity index (χ1) is 13.7. The number of carbonyl (C=O) groups is 2. The molecule has 28 heavy (non-hydrogen) atoms. The molecule has 0 radical (unpaired) electrons. The molecule has 1 spiro atoms. The zero-order valence-corrected chi connectivity index (χ0v) is 15.5. The van der Waals surface area contributed by atoms with Gasteiger partial charge in [-0.25, -0.2) is 0 Å². The molecule has 3 atom stereocenters. The van der Waals surface area contributed by atoms with Gasteiger partial charge >= 0.3 is 0 Å². The number of nitrogens with zero attached hydrogens (tertiary/aromatic N) is 4. The monoisotopic (exact) mass is 378 g/mol. The van der Waals surface area contributed by atoms with E-state index in [0.717, 1.165) is 11.3 Å². The van der Waals surface area contributed by atoms with E-state index in [-0.39, 0.29) is 23.9 Å². The van der Waals surface area contributed by atoms with Crippen molar-refractivity contribution in [3.8, 4) is 0 Å². The Hall–Kier alpha value is -2.80. The van der Waals surface area contributed by atoms with Gasteiger partial charge in [-0.15, -0.1) is 0 Å². The van der Waals surface area contributed by atoms with Gasteiger partial charge in [0.05, 0.1) is 30.8 Å². The van der Waals surface area contributed by atoms with Gasteiger partial charge in [-0.05, 0) is 12.0 Å². The molecule has 0 bridgehead atoms.